The molecule has 1 aliphatic rings. The predicted octanol–water partition coefficient (Wildman–Crippen LogP) is 2.15. The van der Waals surface area contributed by atoms with Gasteiger partial charge in [-0.3, -0.25) is 0 Å². The lowest BCUT2D eigenvalue weighted by atomic mass is 10.0. The second-order valence-corrected chi connectivity index (χ2v) is 9.19. The van der Waals surface area contributed by atoms with Crippen LogP contribution in [0.15, 0.2) is 24.3 Å². The van der Waals surface area contributed by atoms with Crippen molar-refractivity contribution in [2.24, 2.45) is 5.92 Å². The topological polar surface area (TPSA) is 71.1 Å². The summed E-state index contributed by atoms with van der Waals surface area (Å²) in [4.78, 5) is 4.57. The number of aromatic nitrogens is 1. The zero-order chi connectivity index (χ0) is 16.3. The van der Waals surface area contributed by atoms with E-state index in [4.69, 9.17) is 0 Å². The highest BCUT2D eigenvalue weighted by molar-refractivity contribution is 7.89. The number of benzene rings is 1. The summed E-state index contributed by atoms with van der Waals surface area (Å²) < 4.78 is 28.6. The lowest BCUT2D eigenvalue weighted by molar-refractivity contribution is 0.399. The molecule has 1 aliphatic heterocycles. The van der Waals surface area contributed by atoms with Crippen LogP contribution in [0.4, 0.5) is 0 Å². The number of hydrogen-bond acceptors (Lipinski definition) is 5. The first-order chi connectivity index (χ1) is 11.0. The Hall–Kier alpha value is -1.02. The Morgan fingerprint density at radius 2 is 2.09 bits per heavy atom. The van der Waals surface area contributed by atoms with Crippen LogP contribution in [0, 0.1) is 5.92 Å². The fraction of sp³-hybridized carbons (Fsp3) is 0.562. The van der Waals surface area contributed by atoms with E-state index in [9.17, 15) is 8.42 Å². The van der Waals surface area contributed by atoms with Gasteiger partial charge in [-0.1, -0.05) is 12.1 Å². The summed E-state index contributed by atoms with van der Waals surface area (Å²) in [7, 11) is -3.23. The molecule has 0 radical (unpaired) electrons. The zero-order valence-electron chi connectivity index (χ0n) is 13.3. The molecule has 2 N–H and O–H groups in total. The van der Waals surface area contributed by atoms with Crippen molar-refractivity contribution in [2.75, 3.05) is 18.8 Å². The first-order valence-electron chi connectivity index (χ1n) is 8.07. The molecule has 1 aromatic heterocycles. The van der Waals surface area contributed by atoms with E-state index >= 15 is 0 Å². The van der Waals surface area contributed by atoms with Crippen molar-refractivity contribution < 1.29 is 8.42 Å². The molecule has 0 amide bonds. The zero-order valence-corrected chi connectivity index (χ0v) is 14.9. The Morgan fingerprint density at radius 1 is 1.35 bits per heavy atom. The van der Waals surface area contributed by atoms with E-state index in [1.54, 1.807) is 11.3 Å². The quantitative estimate of drug-likeness (QED) is 0.835. The molecule has 0 aliphatic carbocycles. The second kappa shape index (κ2) is 7.25. The van der Waals surface area contributed by atoms with Crippen LogP contribution in [-0.2, 0) is 16.4 Å². The van der Waals surface area contributed by atoms with Crippen LogP contribution in [0.2, 0.25) is 0 Å². The minimum Gasteiger partial charge on any atom is -0.317 e. The van der Waals surface area contributed by atoms with Crippen molar-refractivity contribution in [3.05, 3.63) is 29.3 Å². The van der Waals surface area contributed by atoms with Gasteiger partial charge in [0, 0.05) is 12.5 Å². The third-order valence-corrected chi connectivity index (χ3v) is 6.84. The third-order valence-electron chi connectivity index (χ3n) is 4.11. The fourth-order valence-electron chi connectivity index (χ4n) is 3.02. The highest BCUT2D eigenvalue weighted by atomic mass is 32.2. The molecular weight excluding hydrogens is 330 g/mol. The summed E-state index contributed by atoms with van der Waals surface area (Å²) in [5.74, 6) is 0.502. The molecule has 0 spiro atoms. The fourth-order valence-corrected chi connectivity index (χ4v) is 5.87. The van der Waals surface area contributed by atoms with Crippen molar-refractivity contribution in [1.29, 1.82) is 0 Å². The number of piperidine rings is 1. The number of thiazole rings is 1. The lowest BCUT2D eigenvalue weighted by Gasteiger charge is -2.23. The molecule has 2 heterocycles. The molecule has 7 heteroatoms. The molecule has 5 nitrogen and oxygen atoms in total. The van der Waals surface area contributed by atoms with Gasteiger partial charge in [0.1, 0.15) is 0 Å². The molecule has 1 unspecified atom stereocenters. The average molecular weight is 354 g/mol. The summed E-state index contributed by atoms with van der Waals surface area (Å²) in [5, 5.41) is 4.24. The average Bonchev–Trinajstić information content (AvgIpc) is 2.88. The van der Waals surface area contributed by atoms with E-state index in [2.05, 4.69) is 15.0 Å². The first kappa shape index (κ1) is 16.8. The van der Waals surface area contributed by atoms with Crippen LogP contribution in [-0.4, -0.2) is 38.3 Å². The van der Waals surface area contributed by atoms with Gasteiger partial charge in [0.2, 0.25) is 10.0 Å². The normalized spacial score (nSPS) is 18.3. The van der Waals surface area contributed by atoms with Crippen molar-refractivity contribution in [1.82, 2.24) is 15.0 Å². The van der Waals surface area contributed by atoms with Crippen LogP contribution < -0.4 is 10.0 Å². The summed E-state index contributed by atoms with van der Waals surface area (Å²) in [6.07, 6.45) is 2.51. The van der Waals surface area contributed by atoms with Crippen LogP contribution in [0.1, 0.15) is 24.8 Å². The predicted molar refractivity (Wildman–Crippen MR) is 95.3 cm³/mol. The van der Waals surface area contributed by atoms with Gasteiger partial charge in [-0.05, 0) is 50.9 Å². The number of nitrogens with one attached hydrogen (secondary N) is 2. The standard InChI is InChI=1S/C16H23N3O2S2/c1-12(10-16-18-14-4-2-3-5-15(14)22-16)19-23(20,21)11-13-6-8-17-9-7-13/h2-5,12-13,17,19H,6-11H2,1H3. The van der Waals surface area contributed by atoms with Gasteiger partial charge < -0.3 is 5.32 Å². The van der Waals surface area contributed by atoms with Gasteiger partial charge in [-0.25, -0.2) is 18.1 Å². The molecule has 0 saturated carbocycles. The Labute approximate surface area is 141 Å². The van der Waals surface area contributed by atoms with Gasteiger partial charge in [0.25, 0.3) is 0 Å². The van der Waals surface area contributed by atoms with Gasteiger partial charge in [-0.2, -0.15) is 0 Å². The number of rotatable bonds is 6. The SMILES string of the molecule is CC(Cc1nc2ccccc2s1)NS(=O)(=O)CC1CCNCC1. The van der Waals surface area contributed by atoms with Crippen LogP contribution in [0.5, 0.6) is 0 Å². The minimum absolute atomic E-state index is 0.137. The molecular formula is C16H23N3O2S2. The van der Waals surface area contributed by atoms with Gasteiger partial charge in [-0.15, -0.1) is 11.3 Å². The van der Waals surface area contributed by atoms with E-state index in [0.29, 0.717) is 6.42 Å². The summed E-state index contributed by atoms with van der Waals surface area (Å²) in [6, 6.07) is 7.86. The van der Waals surface area contributed by atoms with Gasteiger partial charge in [0.15, 0.2) is 0 Å². The van der Waals surface area contributed by atoms with Crippen molar-refractivity contribution in [3.63, 3.8) is 0 Å². The van der Waals surface area contributed by atoms with Crippen molar-refractivity contribution >= 4 is 31.6 Å². The number of fused-ring (bicyclic) bond motifs is 1. The number of para-hydroxylation sites is 1. The maximum atomic E-state index is 12.3. The van der Waals surface area contributed by atoms with Crippen LogP contribution >= 0.6 is 11.3 Å². The van der Waals surface area contributed by atoms with E-state index in [1.807, 2.05) is 31.2 Å². The molecule has 126 valence electrons. The molecule has 1 aromatic carbocycles. The molecule has 1 atom stereocenters. The molecule has 1 fully saturated rings. The molecule has 2 aromatic rings. The monoisotopic (exact) mass is 353 g/mol. The lowest BCUT2D eigenvalue weighted by Crippen LogP contribution is -2.39. The Kier molecular flexibility index (Phi) is 5.31. The smallest absolute Gasteiger partial charge is 0.212 e. The molecule has 3 rings (SSSR count). The van der Waals surface area contributed by atoms with Gasteiger partial charge >= 0.3 is 0 Å². The number of nitrogens with zero attached hydrogens (tertiary/aromatic N) is 1. The minimum atomic E-state index is -3.23. The van der Waals surface area contributed by atoms with Crippen LogP contribution in [0.25, 0.3) is 10.2 Å². The highest BCUT2D eigenvalue weighted by Gasteiger charge is 2.23. The summed E-state index contributed by atoms with van der Waals surface area (Å²) in [5.41, 5.74) is 0.984. The second-order valence-electron chi connectivity index (χ2n) is 6.27. The van der Waals surface area contributed by atoms with Crippen LogP contribution in [0.3, 0.4) is 0 Å². The highest BCUT2D eigenvalue weighted by Crippen LogP contribution is 2.22. The Bertz CT molecular complexity index is 719. The summed E-state index contributed by atoms with van der Waals surface area (Å²) >= 11 is 1.63. The Balaban J connectivity index is 1.58. The van der Waals surface area contributed by atoms with E-state index in [-0.39, 0.29) is 17.7 Å². The summed E-state index contributed by atoms with van der Waals surface area (Å²) in [6.45, 7) is 3.74. The molecule has 23 heavy (non-hydrogen) atoms. The van der Waals surface area contributed by atoms with E-state index in [1.165, 1.54) is 0 Å². The number of hydrogen-bond donors (Lipinski definition) is 2. The van der Waals surface area contributed by atoms with Crippen molar-refractivity contribution in [2.45, 2.75) is 32.2 Å². The number of sulfonamides is 1. The largest absolute Gasteiger partial charge is 0.317 e. The first-order valence-corrected chi connectivity index (χ1v) is 10.5. The Morgan fingerprint density at radius 3 is 2.83 bits per heavy atom. The maximum absolute atomic E-state index is 12.3. The maximum Gasteiger partial charge on any atom is 0.212 e. The molecule has 1 saturated heterocycles. The van der Waals surface area contributed by atoms with E-state index < -0.39 is 10.0 Å². The third kappa shape index (κ3) is 4.73. The van der Waals surface area contributed by atoms with E-state index in [0.717, 1.165) is 41.2 Å². The molecule has 0 bridgehead atoms. The van der Waals surface area contributed by atoms with Gasteiger partial charge in [0.05, 0.1) is 21.0 Å². The van der Waals surface area contributed by atoms with Crippen molar-refractivity contribution in [3.8, 4) is 0 Å².